The summed E-state index contributed by atoms with van der Waals surface area (Å²) in [6, 6.07) is 12.6. The zero-order chi connectivity index (χ0) is 18.3. The molecule has 1 aromatic carbocycles. The second-order valence-corrected chi connectivity index (χ2v) is 7.71. The van der Waals surface area contributed by atoms with Crippen molar-refractivity contribution in [2.24, 2.45) is 0 Å². The van der Waals surface area contributed by atoms with Crippen LogP contribution in [0.5, 0.6) is 0 Å². The predicted molar refractivity (Wildman–Crippen MR) is 104 cm³/mol. The highest BCUT2D eigenvalue weighted by Crippen LogP contribution is 2.24. The first kappa shape index (κ1) is 19.2. The Hall–Kier alpha value is -2.08. The van der Waals surface area contributed by atoms with Gasteiger partial charge < -0.3 is 4.90 Å². The van der Waals surface area contributed by atoms with E-state index in [2.05, 4.69) is 23.7 Å². The lowest BCUT2D eigenvalue weighted by Gasteiger charge is -2.24. The molecule has 0 saturated heterocycles. The Kier molecular flexibility index (Phi) is 6.82. The van der Waals surface area contributed by atoms with Crippen molar-refractivity contribution in [3.63, 3.8) is 0 Å². The molecule has 6 heteroatoms. The van der Waals surface area contributed by atoms with E-state index in [1.807, 2.05) is 25.1 Å². The third-order valence-corrected chi connectivity index (χ3v) is 5.84. The first-order valence-corrected chi connectivity index (χ1v) is 10.3. The monoisotopic (exact) mass is 361 g/mol. The summed E-state index contributed by atoms with van der Waals surface area (Å²) in [6.45, 7) is 8.28. The van der Waals surface area contributed by atoms with Crippen molar-refractivity contribution in [2.45, 2.75) is 38.5 Å². The summed E-state index contributed by atoms with van der Waals surface area (Å²) >= 11 is 0. The van der Waals surface area contributed by atoms with Gasteiger partial charge in [-0.2, -0.15) is 0 Å². The maximum Gasteiger partial charge on any atom is 0.265 e. The maximum absolute atomic E-state index is 13.0. The van der Waals surface area contributed by atoms with Crippen LogP contribution >= 0.6 is 0 Å². The minimum atomic E-state index is -3.62. The number of hydrogen-bond acceptors (Lipinski definition) is 4. The van der Waals surface area contributed by atoms with Crippen LogP contribution in [-0.2, 0) is 10.0 Å². The Bertz CT molecular complexity index is 740. The number of sulfonamides is 1. The van der Waals surface area contributed by atoms with Crippen LogP contribution in [0.4, 0.5) is 11.5 Å². The molecule has 2 aromatic rings. The Balaban J connectivity index is 2.30. The predicted octanol–water partition coefficient (Wildman–Crippen LogP) is 3.92. The van der Waals surface area contributed by atoms with Crippen LogP contribution in [0, 0.1) is 0 Å². The molecule has 0 aliphatic rings. The standard InChI is InChI=1S/C19H27N3O2S/c1-4-14-21(15-5-2)19-13-12-18(16-20-19)25(23,24)22(6-3)17-10-8-7-9-11-17/h7-13,16H,4-6,14-15H2,1-3H3. The lowest BCUT2D eigenvalue weighted by Crippen LogP contribution is -2.31. The van der Waals surface area contributed by atoms with Crippen molar-refractivity contribution in [1.82, 2.24) is 4.98 Å². The number of pyridine rings is 1. The first-order valence-electron chi connectivity index (χ1n) is 8.83. The average Bonchev–Trinajstić information content (AvgIpc) is 2.63. The van der Waals surface area contributed by atoms with E-state index in [4.69, 9.17) is 0 Å². The summed E-state index contributed by atoms with van der Waals surface area (Å²) in [5, 5.41) is 0. The van der Waals surface area contributed by atoms with Gasteiger partial charge in [-0.3, -0.25) is 4.31 Å². The highest BCUT2D eigenvalue weighted by Gasteiger charge is 2.24. The molecule has 5 nitrogen and oxygen atoms in total. The van der Waals surface area contributed by atoms with Crippen LogP contribution in [0.3, 0.4) is 0 Å². The zero-order valence-electron chi connectivity index (χ0n) is 15.2. The average molecular weight is 362 g/mol. The van der Waals surface area contributed by atoms with Gasteiger partial charge in [-0.1, -0.05) is 32.0 Å². The van der Waals surface area contributed by atoms with Gasteiger partial charge in [-0.25, -0.2) is 13.4 Å². The molecule has 0 spiro atoms. The molecule has 25 heavy (non-hydrogen) atoms. The molecule has 0 amide bonds. The number of para-hydroxylation sites is 1. The number of aromatic nitrogens is 1. The van der Waals surface area contributed by atoms with Gasteiger partial charge in [0.05, 0.1) is 5.69 Å². The van der Waals surface area contributed by atoms with E-state index in [1.54, 1.807) is 24.3 Å². The molecular weight excluding hydrogens is 334 g/mol. The van der Waals surface area contributed by atoms with Crippen LogP contribution in [0.1, 0.15) is 33.6 Å². The highest BCUT2D eigenvalue weighted by molar-refractivity contribution is 7.92. The SMILES string of the molecule is CCCN(CCC)c1ccc(S(=O)(=O)N(CC)c2ccccc2)cn1. The van der Waals surface area contributed by atoms with Gasteiger partial charge in [0.15, 0.2) is 0 Å². The van der Waals surface area contributed by atoms with Crippen molar-refractivity contribution in [3.05, 3.63) is 48.7 Å². The van der Waals surface area contributed by atoms with Gasteiger partial charge in [-0.15, -0.1) is 0 Å². The minimum absolute atomic E-state index is 0.218. The minimum Gasteiger partial charge on any atom is -0.357 e. The van der Waals surface area contributed by atoms with E-state index < -0.39 is 10.0 Å². The van der Waals surface area contributed by atoms with E-state index >= 15 is 0 Å². The molecule has 0 unspecified atom stereocenters. The Morgan fingerprint density at radius 3 is 2.04 bits per heavy atom. The van der Waals surface area contributed by atoms with Gasteiger partial charge >= 0.3 is 0 Å². The van der Waals surface area contributed by atoms with Gasteiger partial charge in [0, 0.05) is 25.8 Å². The van der Waals surface area contributed by atoms with Crippen LogP contribution < -0.4 is 9.21 Å². The normalized spacial score (nSPS) is 11.3. The van der Waals surface area contributed by atoms with Crippen LogP contribution in [0.15, 0.2) is 53.6 Å². The number of benzene rings is 1. The zero-order valence-corrected chi connectivity index (χ0v) is 16.0. The summed E-state index contributed by atoms with van der Waals surface area (Å²) in [4.78, 5) is 6.82. The van der Waals surface area contributed by atoms with Crippen molar-refractivity contribution in [3.8, 4) is 0 Å². The third-order valence-electron chi connectivity index (χ3n) is 3.95. The molecular formula is C19H27N3O2S. The van der Waals surface area contributed by atoms with E-state index in [0.29, 0.717) is 12.2 Å². The summed E-state index contributed by atoms with van der Waals surface area (Å²) in [7, 11) is -3.62. The Labute approximate surface area is 151 Å². The molecule has 0 N–H and O–H groups in total. The lowest BCUT2D eigenvalue weighted by atomic mass is 10.3. The fourth-order valence-electron chi connectivity index (χ4n) is 2.81. The Morgan fingerprint density at radius 2 is 1.56 bits per heavy atom. The topological polar surface area (TPSA) is 53.5 Å². The summed E-state index contributed by atoms with van der Waals surface area (Å²) in [6.07, 6.45) is 3.52. The van der Waals surface area contributed by atoms with Crippen LogP contribution in [-0.4, -0.2) is 33.0 Å². The number of nitrogens with zero attached hydrogens (tertiary/aromatic N) is 3. The second-order valence-electron chi connectivity index (χ2n) is 5.84. The van der Waals surface area contributed by atoms with Gasteiger partial charge in [-0.05, 0) is 44.0 Å². The number of hydrogen-bond donors (Lipinski definition) is 0. The molecule has 0 bridgehead atoms. The fourth-order valence-corrected chi connectivity index (χ4v) is 4.23. The maximum atomic E-state index is 13.0. The smallest absolute Gasteiger partial charge is 0.265 e. The highest BCUT2D eigenvalue weighted by atomic mass is 32.2. The summed E-state index contributed by atoms with van der Waals surface area (Å²) < 4.78 is 27.3. The van der Waals surface area contributed by atoms with Crippen molar-refractivity contribution < 1.29 is 8.42 Å². The molecule has 0 aliphatic carbocycles. The van der Waals surface area contributed by atoms with Crippen molar-refractivity contribution in [1.29, 1.82) is 0 Å². The molecule has 0 saturated carbocycles. The molecule has 0 aliphatic heterocycles. The quantitative estimate of drug-likeness (QED) is 0.679. The van der Waals surface area contributed by atoms with E-state index in [9.17, 15) is 8.42 Å². The molecule has 0 atom stereocenters. The first-order chi connectivity index (χ1) is 12.0. The molecule has 2 rings (SSSR count). The molecule has 0 fully saturated rings. The number of rotatable bonds is 9. The lowest BCUT2D eigenvalue weighted by molar-refractivity contribution is 0.591. The Morgan fingerprint density at radius 1 is 0.920 bits per heavy atom. The van der Waals surface area contributed by atoms with Crippen molar-refractivity contribution in [2.75, 3.05) is 28.8 Å². The van der Waals surface area contributed by atoms with E-state index in [1.165, 1.54) is 10.5 Å². The molecule has 1 heterocycles. The second kappa shape index (κ2) is 8.85. The van der Waals surface area contributed by atoms with Crippen LogP contribution in [0.2, 0.25) is 0 Å². The van der Waals surface area contributed by atoms with Crippen LogP contribution in [0.25, 0.3) is 0 Å². The molecule has 1 aromatic heterocycles. The van der Waals surface area contributed by atoms with E-state index in [-0.39, 0.29) is 4.90 Å². The van der Waals surface area contributed by atoms with Gasteiger partial charge in [0.2, 0.25) is 0 Å². The summed E-state index contributed by atoms with van der Waals surface area (Å²) in [5.74, 6) is 0.824. The fraction of sp³-hybridized carbons (Fsp3) is 0.421. The molecule has 0 radical (unpaired) electrons. The van der Waals surface area contributed by atoms with E-state index in [0.717, 1.165) is 31.7 Å². The number of anilines is 2. The van der Waals surface area contributed by atoms with Crippen molar-refractivity contribution >= 4 is 21.5 Å². The third kappa shape index (κ3) is 4.51. The van der Waals surface area contributed by atoms with Gasteiger partial charge in [0.1, 0.15) is 10.7 Å². The largest absolute Gasteiger partial charge is 0.357 e. The summed E-state index contributed by atoms with van der Waals surface area (Å²) in [5.41, 5.74) is 0.660. The van der Waals surface area contributed by atoms with Gasteiger partial charge in [0.25, 0.3) is 10.0 Å². The molecule has 136 valence electrons.